The molecule has 0 aliphatic rings. The van der Waals surface area contributed by atoms with E-state index in [0.29, 0.717) is 41.2 Å². The molecule has 1 amide bonds. The highest BCUT2D eigenvalue weighted by molar-refractivity contribution is 7.99. The molecule has 0 bridgehead atoms. The third-order valence-electron chi connectivity index (χ3n) is 3.42. The van der Waals surface area contributed by atoms with Crippen molar-refractivity contribution in [1.29, 1.82) is 0 Å². The maximum absolute atomic E-state index is 11.9. The van der Waals surface area contributed by atoms with Crippen LogP contribution in [0.25, 0.3) is 0 Å². The molecule has 2 rings (SSSR count). The molecule has 28 heavy (non-hydrogen) atoms. The third-order valence-corrected chi connectivity index (χ3v) is 4.66. The average molecular weight is 419 g/mol. The molecule has 0 radical (unpaired) electrons. The van der Waals surface area contributed by atoms with Crippen LogP contribution in [0.3, 0.4) is 0 Å². The van der Waals surface area contributed by atoms with Crippen LogP contribution in [0.2, 0.25) is 5.02 Å². The Bertz CT molecular complexity index is 827. The zero-order valence-corrected chi connectivity index (χ0v) is 17.3. The van der Waals surface area contributed by atoms with Crippen LogP contribution in [0.5, 0.6) is 11.5 Å². The maximum atomic E-state index is 11.9. The lowest BCUT2D eigenvalue weighted by Crippen LogP contribution is -2.19. The molecule has 7 heteroatoms. The fourth-order valence-electron chi connectivity index (χ4n) is 2.24. The molecule has 5 nitrogen and oxygen atoms in total. The van der Waals surface area contributed by atoms with Crippen molar-refractivity contribution in [2.24, 2.45) is 5.10 Å². The van der Waals surface area contributed by atoms with Gasteiger partial charge in [0.2, 0.25) is 5.91 Å². The monoisotopic (exact) mass is 418 g/mol. The smallest absolute Gasteiger partial charge is 0.250 e. The largest absolute Gasteiger partial charge is 0.490 e. The molecule has 0 atom stereocenters. The van der Waals surface area contributed by atoms with Crippen LogP contribution in [0, 0.1) is 0 Å². The molecule has 148 valence electrons. The first-order valence-corrected chi connectivity index (χ1v) is 10.3. The van der Waals surface area contributed by atoms with Crippen molar-refractivity contribution >= 4 is 35.5 Å². The van der Waals surface area contributed by atoms with Gasteiger partial charge in [-0.05, 0) is 48.4 Å². The molecule has 0 saturated heterocycles. The van der Waals surface area contributed by atoms with Gasteiger partial charge in [0.1, 0.15) is 6.61 Å². The molecule has 0 aliphatic carbocycles. The van der Waals surface area contributed by atoms with Gasteiger partial charge >= 0.3 is 0 Å². The predicted octanol–water partition coefficient (Wildman–Crippen LogP) is 4.69. The lowest BCUT2D eigenvalue weighted by molar-refractivity contribution is -0.118. The topological polar surface area (TPSA) is 59.9 Å². The number of amides is 1. The Morgan fingerprint density at radius 2 is 2.11 bits per heavy atom. The number of hydrazone groups is 1. The van der Waals surface area contributed by atoms with Gasteiger partial charge in [0.05, 0.1) is 18.6 Å². The Morgan fingerprint density at radius 3 is 2.86 bits per heavy atom. The van der Waals surface area contributed by atoms with Gasteiger partial charge in [0.25, 0.3) is 0 Å². The van der Waals surface area contributed by atoms with Crippen molar-refractivity contribution in [3.8, 4) is 11.5 Å². The average Bonchev–Trinajstić information content (AvgIpc) is 2.68. The van der Waals surface area contributed by atoms with Gasteiger partial charge in [-0.1, -0.05) is 36.4 Å². The van der Waals surface area contributed by atoms with Crippen LogP contribution in [-0.2, 0) is 10.5 Å². The van der Waals surface area contributed by atoms with E-state index in [1.54, 1.807) is 18.4 Å². The van der Waals surface area contributed by atoms with Crippen LogP contribution < -0.4 is 14.9 Å². The van der Waals surface area contributed by atoms with E-state index in [1.165, 1.54) is 11.8 Å². The molecule has 2 aromatic rings. The lowest BCUT2D eigenvalue weighted by atomic mass is 10.2. The minimum absolute atomic E-state index is 0.167. The van der Waals surface area contributed by atoms with Gasteiger partial charge < -0.3 is 9.47 Å². The second-order valence-electron chi connectivity index (χ2n) is 5.65. The summed E-state index contributed by atoms with van der Waals surface area (Å²) in [7, 11) is 0. The Hall–Kier alpha value is -2.44. The molecule has 0 heterocycles. The zero-order valence-electron chi connectivity index (χ0n) is 15.7. The minimum atomic E-state index is -0.167. The predicted molar refractivity (Wildman–Crippen MR) is 117 cm³/mol. The first-order valence-electron chi connectivity index (χ1n) is 8.77. The molecular formula is C21H23ClN2O3S. The van der Waals surface area contributed by atoms with Crippen molar-refractivity contribution in [1.82, 2.24) is 5.43 Å². The van der Waals surface area contributed by atoms with Crippen molar-refractivity contribution in [3.63, 3.8) is 0 Å². The Labute approximate surface area is 174 Å². The number of hydrogen-bond acceptors (Lipinski definition) is 5. The van der Waals surface area contributed by atoms with E-state index in [9.17, 15) is 4.79 Å². The Morgan fingerprint density at radius 1 is 1.25 bits per heavy atom. The molecule has 0 aliphatic heterocycles. The number of nitrogens with zero attached hydrogens (tertiary/aromatic N) is 1. The highest BCUT2D eigenvalue weighted by atomic mass is 35.5. The van der Waals surface area contributed by atoms with Crippen LogP contribution in [0.15, 0.2) is 60.2 Å². The van der Waals surface area contributed by atoms with Gasteiger partial charge in [0, 0.05) is 10.8 Å². The van der Waals surface area contributed by atoms with Crippen molar-refractivity contribution < 1.29 is 14.3 Å². The van der Waals surface area contributed by atoms with Crippen LogP contribution in [0.1, 0.15) is 18.1 Å². The summed E-state index contributed by atoms with van der Waals surface area (Å²) < 4.78 is 11.1. The van der Waals surface area contributed by atoms with Gasteiger partial charge in [-0.15, -0.1) is 11.8 Å². The molecular weight excluding hydrogens is 396 g/mol. The second kappa shape index (κ2) is 12.1. The summed E-state index contributed by atoms with van der Waals surface area (Å²) in [5.41, 5.74) is 4.40. The van der Waals surface area contributed by atoms with Gasteiger partial charge in [-0.25, -0.2) is 5.43 Å². The third kappa shape index (κ3) is 7.66. The maximum Gasteiger partial charge on any atom is 0.250 e. The summed E-state index contributed by atoms with van der Waals surface area (Å²) in [5.74, 6) is 2.11. The summed E-state index contributed by atoms with van der Waals surface area (Å²) in [6.07, 6.45) is 3.24. The van der Waals surface area contributed by atoms with Crippen molar-refractivity contribution in [3.05, 3.63) is 71.3 Å². The number of hydrogen-bond donors (Lipinski definition) is 1. The fraction of sp³-hybridized carbons (Fsp3) is 0.238. The van der Waals surface area contributed by atoms with Gasteiger partial charge in [-0.3, -0.25) is 4.79 Å². The van der Waals surface area contributed by atoms with E-state index in [4.69, 9.17) is 21.1 Å². The summed E-state index contributed by atoms with van der Waals surface area (Å²) in [6, 6.07) is 13.0. The summed E-state index contributed by atoms with van der Waals surface area (Å²) in [4.78, 5) is 11.9. The van der Waals surface area contributed by atoms with Crippen LogP contribution in [0.4, 0.5) is 0 Å². The number of halogens is 1. The molecule has 2 aromatic carbocycles. The molecule has 0 unspecified atom stereocenters. The summed E-state index contributed by atoms with van der Waals surface area (Å²) in [5, 5.41) is 4.70. The molecule has 0 aromatic heterocycles. The fourth-order valence-corrected chi connectivity index (χ4v) is 3.22. The van der Waals surface area contributed by atoms with E-state index in [-0.39, 0.29) is 5.91 Å². The number of thioether (sulfide) groups is 1. The van der Waals surface area contributed by atoms with E-state index in [0.717, 1.165) is 11.1 Å². The minimum Gasteiger partial charge on any atom is -0.490 e. The van der Waals surface area contributed by atoms with Gasteiger partial charge in [-0.2, -0.15) is 5.10 Å². The standard InChI is InChI=1S/C21H23ClN2O3S/c1-3-10-27-19-9-8-16(12-20(19)26-4-2)13-23-24-21(25)15-28-14-17-6-5-7-18(22)11-17/h3,5-9,11-13H,1,4,10,14-15H2,2H3,(H,24,25)/b23-13-. The lowest BCUT2D eigenvalue weighted by Gasteiger charge is -2.11. The van der Waals surface area contributed by atoms with E-state index >= 15 is 0 Å². The highest BCUT2D eigenvalue weighted by Crippen LogP contribution is 2.28. The Kier molecular flexibility index (Phi) is 9.45. The molecule has 1 N–H and O–H groups in total. The highest BCUT2D eigenvalue weighted by Gasteiger charge is 2.06. The first kappa shape index (κ1) is 21.9. The SMILES string of the molecule is C=CCOc1ccc(/C=N\NC(=O)CSCc2cccc(Cl)c2)cc1OCC. The van der Waals surface area contributed by atoms with E-state index < -0.39 is 0 Å². The molecule has 0 saturated carbocycles. The molecule has 0 spiro atoms. The number of ether oxygens (including phenoxy) is 2. The summed E-state index contributed by atoms with van der Waals surface area (Å²) >= 11 is 7.45. The molecule has 0 fully saturated rings. The van der Waals surface area contributed by atoms with Crippen molar-refractivity contribution in [2.45, 2.75) is 12.7 Å². The normalized spacial score (nSPS) is 10.6. The number of carbonyl (C=O) groups is 1. The Balaban J connectivity index is 1.82. The van der Waals surface area contributed by atoms with E-state index in [2.05, 4.69) is 17.1 Å². The van der Waals surface area contributed by atoms with Crippen LogP contribution in [-0.4, -0.2) is 31.1 Å². The number of benzene rings is 2. The van der Waals surface area contributed by atoms with Crippen molar-refractivity contribution in [2.75, 3.05) is 19.0 Å². The second-order valence-corrected chi connectivity index (χ2v) is 7.08. The first-order chi connectivity index (χ1) is 13.6. The van der Waals surface area contributed by atoms with E-state index in [1.807, 2.05) is 43.3 Å². The summed E-state index contributed by atoms with van der Waals surface area (Å²) in [6.45, 7) is 6.45. The number of nitrogens with one attached hydrogen (secondary N) is 1. The van der Waals surface area contributed by atoms with Crippen LogP contribution >= 0.6 is 23.4 Å². The quantitative estimate of drug-likeness (QED) is 0.327. The number of carbonyl (C=O) groups excluding carboxylic acids is 1. The van der Waals surface area contributed by atoms with Gasteiger partial charge in [0.15, 0.2) is 11.5 Å². The zero-order chi connectivity index (χ0) is 20.2. The number of rotatable bonds is 11.